The summed E-state index contributed by atoms with van der Waals surface area (Å²) in [6, 6.07) is 21.6. The molecule has 0 amide bonds. The molecule has 0 spiro atoms. The zero-order valence-corrected chi connectivity index (χ0v) is 24.3. The van der Waals surface area contributed by atoms with E-state index in [9.17, 15) is 4.79 Å². The van der Waals surface area contributed by atoms with Crippen LogP contribution < -0.4 is 15.6 Å². The van der Waals surface area contributed by atoms with Crippen LogP contribution in [0.2, 0.25) is 0 Å². The van der Waals surface area contributed by atoms with Crippen LogP contribution in [0.4, 0.5) is 11.6 Å². The van der Waals surface area contributed by atoms with Gasteiger partial charge in [-0.05, 0) is 67.8 Å². The van der Waals surface area contributed by atoms with Crippen molar-refractivity contribution in [3.8, 4) is 11.4 Å². The lowest BCUT2D eigenvalue weighted by atomic mass is 10.1. The van der Waals surface area contributed by atoms with E-state index in [1.54, 1.807) is 10.8 Å². The average molecular weight is 576 g/mol. The van der Waals surface area contributed by atoms with Gasteiger partial charge in [-0.3, -0.25) is 14.1 Å². The van der Waals surface area contributed by atoms with Crippen molar-refractivity contribution in [1.82, 2.24) is 28.8 Å². The van der Waals surface area contributed by atoms with E-state index in [1.165, 1.54) is 0 Å². The van der Waals surface area contributed by atoms with Crippen LogP contribution >= 0.6 is 0 Å². The quantitative estimate of drug-likeness (QED) is 0.252. The van der Waals surface area contributed by atoms with Gasteiger partial charge in [0.15, 0.2) is 5.65 Å². The van der Waals surface area contributed by atoms with Crippen molar-refractivity contribution in [2.45, 2.75) is 20.3 Å². The summed E-state index contributed by atoms with van der Waals surface area (Å²) < 4.78 is 15.0. The number of rotatable bonds is 8. The Hall–Kier alpha value is -4.80. The molecule has 0 bridgehead atoms. The molecule has 4 heterocycles. The van der Waals surface area contributed by atoms with Crippen LogP contribution in [0.15, 0.2) is 77.7 Å². The van der Waals surface area contributed by atoms with Gasteiger partial charge < -0.3 is 14.8 Å². The maximum atomic E-state index is 14.0. The molecule has 0 atom stereocenters. The highest BCUT2D eigenvalue weighted by Crippen LogP contribution is 2.26. The van der Waals surface area contributed by atoms with E-state index >= 15 is 0 Å². The summed E-state index contributed by atoms with van der Waals surface area (Å²) in [6.07, 6.45) is 2.56. The van der Waals surface area contributed by atoms with Crippen molar-refractivity contribution in [1.29, 1.82) is 0 Å². The number of imidazole rings is 1. The Kier molecular flexibility index (Phi) is 7.22. The molecule has 6 aromatic rings. The Morgan fingerprint density at radius 2 is 1.70 bits per heavy atom. The van der Waals surface area contributed by atoms with E-state index in [0.717, 1.165) is 78.6 Å². The predicted octanol–water partition coefficient (Wildman–Crippen LogP) is 5.04. The monoisotopic (exact) mass is 575 g/mol. The Morgan fingerprint density at radius 1 is 0.930 bits per heavy atom. The molecule has 1 saturated heterocycles. The van der Waals surface area contributed by atoms with Crippen LogP contribution in [0.1, 0.15) is 17.5 Å². The average Bonchev–Trinajstić information content (AvgIpc) is 3.41. The third-order valence-electron chi connectivity index (χ3n) is 7.92. The van der Waals surface area contributed by atoms with Gasteiger partial charge in [0, 0.05) is 31.5 Å². The summed E-state index contributed by atoms with van der Waals surface area (Å²) in [6.45, 7) is 9.28. The minimum absolute atomic E-state index is 0.211. The van der Waals surface area contributed by atoms with Crippen molar-refractivity contribution in [2.75, 3.05) is 44.8 Å². The molecule has 0 unspecified atom stereocenters. The van der Waals surface area contributed by atoms with E-state index < -0.39 is 0 Å². The zero-order valence-electron chi connectivity index (χ0n) is 24.3. The lowest BCUT2D eigenvalue weighted by Crippen LogP contribution is -2.37. The molecule has 1 aliphatic heterocycles. The summed E-state index contributed by atoms with van der Waals surface area (Å²) in [5.74, 6) is 1.71. The van der Waals surface area contributed by atoms with Crippen molar-refractivity contribution in [3.63, 3.8) is 0 Å². The second kappa shape index (κ2) is 11.5. The Morgan fingerprint density at radius 3 is 2.49 bits per heavy atom. The Balaban J connectivity index is 1.19. The van der Waals surface area contributed by atoms with Crippen LogP contribution in [0, 0.1) is 13.8 Å². The fraction of sp³-hybridized carbons (Fsp3) is 0.273. The fourth-order valence-electron chi connectivity index (χ4n) is 5.76. The van der Waals surface area contributed by atoms with Gasteiger partial charge in [0.25, 0.3) is 5.56 Å². The third-order valence-corrected chi connectivity index (χ3v) is 7.92. The van der Waals surface area contributed by atoms with Gasteiger partial charge in [-0.15, -0.1) is 0 Å². The first-order chi connectivity index (χ1) is 21.1. The highest BCUT2D eigenvalue weighted by molar-refractivity contribution is 5.88. The van der Waals surface area contributed by atoms with Gasteiger partial charge in [-0.25, -0.2) is 14.5 Å². The number of anilines is 2. The van der Waals surface area contributed by atoms with Crippen LogP contribution in [0.3, 0.4) is 0 Å². The van der Waals surface area contributed by atoms with Gasteiger partial charge in [0.05, 0.1) is 36.5 Å². The maximum absolute atomic E-state index is 14.0. The SMILES string of the molecule is Cc1cccc(C)c1-n1c(=O)c2cnc(Nc3ccc(OCCCN4CCOCC4)cc3)nc2n2c3ccccc3nc12. The molecule has 43 heavy (non-hydrogen) atoms. The number of aryl methyl sites for hydroxylation is 2. The summed E-state index contributed by atoms with van der Waals surface area (Å²) in [7, 11) is 0. The van der Waals surface area contributed by atoms with Gasteiger partial charge in [0.1, 0.15) is 11.1 Å². The molecule has 1 N–H and O–H groups in total. The van der Waals surface area contributed by atoms with Crippen molar-refractivity contribution in [2.24, 2.45) is 0 Å². The number of para-hydroxylation sites is 3. The minimum Gasteiger partial charge on any atom is -0.494 e. The van der Waals surface area contributed by atoms with Crippen LogP contribution in [0.25, 0.3) is 33.5 Å². The Labute approximate surface area is 248 Å². The highest BCUT2D eigenvalue weighted by atomic mass is 16.5. The lowest BCUT2D eigenvalue weighted by molar-refractivity contribution is 0.0358. The highest BCUT2D eigenvalue weighted by Gasteiger charge is 2.20. The summed E-state index contributed by atoms with van der Waals surface area (Å²) >= 11 is 0. The molecule has 3 aromatic carbocycles. The summed E-state index contributed by atoms with van der Waals surface area (Å²) in [5, 5.41) is 3.69. The first-order valence-electron chi connectivity index (χ1n) is 14.6. The summed E-state index contributed by atoms with van der Waals surface area (Å²) in [4.78, 5) is 30.7. The largest absolute Gasteiger partial charge is 0.494 e. The maximum Gasteiger partial charge on any atom is 0.270 e. The molecular weight excluding hydrogens is 542 g/mol. The fourth-order valence-corrected chi connectivity index (χ4v) is 5.76. The number of benzene rings is 3. The van der Waals surface area contributed by atoms with Gasteiger partial charge in [-0.2, -0.15) is 4.98 Å². The molecular formula is C33H33N7O3. The topological polar surface area (TPSA) is 98.8 Å². The first kappa shape index (κ1) is 27.1. The van der Waals surface area contributed by atoms with Gasteiger partial charge in [-0.1, -0.05) is 30.3 Å². The number of hydrogen-bond donors (Lipinski definition) is 1. The molecule has 7 rings (SSSR count). The number of morpholine rings is 1. The van der Waals surface area contributed by atoms with E-state index in [2.05, 4.69) is 15.2 Å². The summed E-state index contributed by atoms with van der Waals surface area (Å²) in [5.41, 5.74) is 5.53. The van der Waals surface area contributed by atoms with Crippen LogP contribution in [-0.4, -0.2) is 68.3 Å². The van der Waals surface area contributed by atoms with Crippen LogP contribution in [0.5, 0.6) is 5.75 Å². The number of nitrogens with zero attached hydrogens (tertiary/aromatic N) is 6. The number of nitrogens with one attached hydrogen (secondary N) is 1. The lowest BCUT2D eigenvalue weighted by Gasteiger charge is -2.26. The van der Waals surface area contributed by atoms with Gasteiger partial charge >= 0.3 is 0 Å². The molecule has 10 nitrogen and oxygen atoms in total. The molecule has 218 valence electrons. The van der Waals surface area contributed by atoms with Crippen molar-refractivity contribution in [3.05, 3.63) is 94.4 Å². The van der Waals surface area contributed by atoms with E-state index in [-0.39, 0.29) is 5.56 Å². The van der Waals surface area contributed by atoms with E-state index in [1.807, 2.05) is 85.0 Å². The second-order valence-electron chi connectivity index (χ2n) is 10.9. The molecule has 0 radical (unpaired) electrons. The normalized spacial score (nSPS) is 14.1. The minimum atomic E-state index is -0.211. The molecule has 3 aromatic heterocycles. The van der Waals surface area contributed by atoms with E-state index in [4.69, 9.17) is 19.4 Å². The molecule has 0 saturated carbocycles. The number of aromatic nitrogens is 5. The van der Waals surface area contributed by atoms with Gasteiger partial charge in [0.2, 0.25) is 11.7 Å². The second-order valence-corrected chi connectivity index (χ2v) is 10.9. The molecule has 1 aliphatic rings. The molecule has 1 fully saturated rings. The number of fused-ring (bicyclic) bond motifs is 5. The molecule has 0 aliphatic carbocycles. The number of ether oxygens (including phenoxy) is 2. The Bertz CT molecular complexity index is 1970. The van der Waals surface area contributed by atoms with Crippen LogP contribution in [-0.2, 0) is 4.74 Å². The molecule has 10 heteroatoms. The number of hydrogen-bond acceptors (Lipinski definition) is 8. The third kappa shape index (κ3) is 5.19. The van der Waals surface area contributed by atoms with Crippen molar-refractivity contribution >= 4 is 39.5 Å². The van der Waals surface area contributed by atoms with Crippen molar-refractivity contribution < 1.29 is 9.47 Å². The predicted molar refractivity (Wildman–Crippen MR) is 168 cm³/mol. The standard InChI is InChI=1S/C33H33N7O3/c1-22-7-5-8-23(2)29(22)40-31(41)26-21-34-32(37-30(26)39-28-10-4-3-9-27(28)36-33(39)40)35-24-11-13-25(14-12-24)43-18-6-15-38-16-19-42-20-17-38/h3-5,7-14,21H,6,15-20H2,1-2H3,(H,34,35,37). The van der Waals surface area contributed by atoms with E-state index in [0.29, 0.717) is 29.4 Å². The zero-order chi connectivity index (χ0) is 29.3. The first-order valence-corrected chi connectivity index (χ1v) is 14.6. The smallest absolute Gasteiger partial charge is 0.270 e.